The van der Waals surface area contributed by atoms with E-state index in [0.717, 1.165) is 10.5 Å². The van der Waals surface area contributed by atoms with Crippen LogP contribution in [0.5, 0.6) is 0 Å². The van der Waals surface area contributed by atoms with E-state index in [2.05, 4.69) is 21.7 Å². The quantitative estimate of drug-likeness (QED) is 0.876. The number of carbonyl (C=O) groups is 2. The Morgan fingerprint density at radius 3 is 3.04 bits per heavy atom. The number of hydrogen-bond donors (Lipinski definition) is 2. The van der Waals surface area contributed by atoms with E-state index >= 15 is 0 Å². The van der Waals surface area contributed by atoms with Crippen molar-refractivity contribution in [3.05, 3.63) is 29.3 Å². The van der Waals surface area contributed by atoms with Gasteiger partial charge in [-0.3, -0.25) is 9.59 Å². The summed E-state index contributed by atoms with van der Waals surface area (Å²) in [6, 6.07) is 7.46. The minimum absolute atomic E-state index is 0.0129. The van der Waals surface area contributed by atoms with Crippen LogP contribution in [-0.2, 0) is 16.1 Å². The molecule has 2 fully saturated rings. The molecule has 0 radical (unpaired) electrons. The van der Waals surface area contributed by atoms with E-state index in [4.69, 9.17) is 0 Å². The van der Waals surface area contributed by atoms with Crippen molar-refractivity contribution < 1.29 is 9.59 Å². The summed E-state index contributed by atoms with van der Waals surface area (Å²) in [4.78, 5) is 30.5. The summed E-state index contributed by atoms with van der Waals surface area (Å²) < 4.78 is 1.18. The predicted molar refractivity (Wildman–Crippen MR) is 88.0 cm³/mol. The minimum Gasteiger partial charge on any atom is -0.343 e. The first-order valence-corrected chi connectivity index (χ1v) is 8.62. The smallest absolute Gasteiger partial charge is 0.245 e. The molecule has 0 saturated carbocycles. The van der Waals surface area contributed by atoms with Crippen molar-refractivity contribution in [3.8, 4) is 0 Å². The van der Waals surface area contributed by atoms with Crippen molar-refractivity contribution in [2.24, 2.45) is 0 Å². The van der Waals surface area contributed by atoms with Gasteiger partial charge in [0.1, 0.15) is 17.1 Å². The van der Waals surface area contributed by atoms with Gasteiger partial charge in [0.25, 0.3) is 0 Å². The molecule has 1 aromatic carbocycles. The maximum atomic E-state index is 12.2. The third-order valence-corrected chi connectivity index (χ3v) is 5.53. The zero-order valence-corrected chi connectivity index (χ0v) is 13.6. The highest BCUT2D eigenvalue weighted by Gasteiger charge is 2.44. The largest absolute Gasteiger partial charge is 0.343 e. The first kappa shape index (κ1) is 14.6. The van der Waals surface area contributed by atoms with Gasteiger partial charge in [-0.05, 0) is 25.5 Å². The maximum absolute atomic E-state index is 12.2. The number of benzene rings is 1. The predicted octanol–water partition coefficient (Wildman–Crippen LogP) is 0.874. The zero-order valence-electron chi connectivity index (χ0n) is 12.8. The van der Waals surface area contributed by atoms with Crippen molar-refractivity contribution >= 4 is 33.4 Å². The molecule has 4 rings (SSSR count). The highest BCUT2D eigenvalue weighted by Crippen LogP contribution is 2.24. The number of aromatic nitrogens is 1. The van der Waals surface area contributed by atoms with Crippen LogP contribution < -0.4 is 10.6 Å². The molecule has 2 N–H and O–H groups in total. The van der Waals surface area contributed by atoms with E-state index in [1.165, 1.54) is 4.70 Å². The van der Waals surface area contributed by atoms with Crippen molar-refractivity contribution in [3.63, 3.8) is 0 Å². The molecule has 0 aliphatic carbocycles. The normalized spacial score (nSPS) is 27.3. The average molecular weight is 330 g/mol. The van der Waals surface area contributed by atoms with Crippen molar-refractivity contribution in [1.29, 1.82) is 0 Å². The Balaban J connectivity index is 1.42. The van der Waals surface area contributed by atoms with Gasteiger partial charge in [0.15, 0.2) is 0 Å². The van der Waals surface area contributed by atoms with E-state index in [0.29, 0.717) is 19.5 Å². The summed E-state index contributed by atoms with van der Waals surface area (Å²) >= 11 is 1.67. The van der Waals surface area contributed by atoms with Gasteiger partial charge in [0.2, 0.25) is 11.8 Å². The van der Waals surface area contributed by atoms with Crippen LogP contribution in [0.25, 0.3) is 10.2 Å². The fraction of sp³-hybridized carbons (Fsp3) is 0.438. The summed E-state index contributed by atoms with van der Waals surface area (Å²) in [6.07, 6.45) is 0.662. The van der Waals surface area contributed by atoms with Gasteiger partial charge in [-0.2, -0.15) is 0 Å². The Morgan fingerprint density at radius 1 is 1.39 bits per heavy atom. The third kappa shape index (κ3) is 2.60. The molecule has 120 valence electrons. The standard InChI is InChI=1S/C16H18N4O2S/c1-9-16(22)20-8-10(6-12(20)15(21)18-9)17-7-14-19-11-4-2-3-5-13(11)23-14/h2-5,9-10,12,17H,6-8H2,1H3,(H,18,21)/t9-,10-,12-/m0/s1. The van der Waals surface area contributed by atoms with Crippen LogP contribution in [0.1, 0.15) is 18.4 Å². The van der Waals surface area contributed by atoms with E-state index in [-0.39, 0.29) is 23.9 Å². The Labute approximate surface area is 137 Å². The molecule has 0 unspecified atom stereocenters. The molecule has 0 bridgehead atoms. The number of rotatable bonds is 3. The van der Waals surface area contributed by atoms with Crippen LogP contribution in [0.3, 0.4) is 0 Å². The maximum Gasteiger partial charge on any atom is 0.245 e. The number of thiazole rings is 1. The monoisotopic (exact) mass is 330 g/mol. The molecular weight excluding hydrogens is 312 g/mol. The van der Waals surface area contributed by atoms with E-state index in [1.54, 1.807) is 23.2 Å². The van der Waals surface area contributed by atoms with Crippen LogP contribution in [-0.4, -0.2) is 46.4 Å². The number of fused-ring (bicyclic) bond motifs is 2. The molecule has 1 aromatic heterocycles. The molecule has 2 aromatic rings. The van der Waals surface area contributed by atoms with Gasteiger partial charge in [-0.15, -0.1) is 11.3 Å². The summed E-state index contributed by atoms with van der Waals surface area (Å²) in [6.45, 7) is 2.99. The van der Waals surface area contributed by atoms with Crippen LogP contribution >= 0.6 is 11.3 Å². The topological polar surface area (TPSA) is 74.3 Å². The lowest BCUT2D eigenvalue weighted by Gasteiger charge is -2.32. The number of piperazine rings is 1. The summed E-state index contributed by atoms with van der Waals surface area (Å²) in [5, 5.41) is 7.22. The van der Waals surface area contributed by atoms with E-state index in [1.807, 2.05) is 18.2 Å². The summed E-state index contributed by atoms with van der Waals surface area (Å²) in [5.74, 6) is -0.0275. The summed E-state index contributed by atoms with van der Waals surface area (Å²) in [7, 11) is 0. The molecule has 3 atom stereocenters. The van der Waals surface area contributed by atoms with Crippen LogP contribution in [0, 0.1) is 0 Å². The number of carbonyl (C=O) groups excluding carboxylic acids is 2. The third-order valence-electron chi connectivity index (χ3n) is 4.50. The Bertz CT molecular complexity index is 741. The van der Waals surface area contributed by atoms with Crippen LogP contribution in [0.2, 0.25) is 0 Å². The fourth-order valence-electron chi connectivity index (χ4n) is 3.32. The molecule has 23 heavy (non-hydrogen) atoms. The zero-order chi connectivity index (χ0) is 16.0. The van der Waals surface area contributed by atoms with Gasteiger partial charge in [-0.25, -0.2) is 4.98 Å². The molecule has 0 spiro atoms. The Hall–Kier alpha value is -1.99. The molecule has 6 nitrogen and oxygen atoms in total. The Morgan fingerprint density at radius 2 is 2.22 bits per heavy atom. The van der Waals surface area contributed by atoms with Crippen molar-refractivity contribution in [2.45, 2.75) is 38.0 Å². The number of nitrogens with one attached hydrogen (secondary N) is 2. The second-order valence-electron chi connectivity index (χ2n) is 6.13. The first-order valence-electron chi connectivity index (χ1n) is 7.80. The van der Waals surface area contributed by atoms with Crippen LogP contribution in [0.15, 0.2) is 24.3 Å². The van der Waals surface area contributed by atoms with Gasteiger partial charge >= 0.3 is 0 Å². The van der Waals surface area contributed by atoms with Gasteiger partial charge < -0.3 is 15.5 Å². The molecule has 7 heteroatoms. The van der Waals surface area contributed by atoms with E-state index < -0.39 is 6.04 Å². The number of amides is 2. The average Bonchev–Trinajstić information content (AvgIpc) is 3.14. The van der Waals surface area contributed by atoms with Gasteiger partial charge in [-0.1, -0.05) is 12.1 Å². The molecule has 2 aliphatic heterocycles. The lowest BCUT2D eigenvalue weighted by atomic mass is 10.1. The SMILES string of the molecule is C[C@@H]1NC(=O)[C@@H]2C[C@H](NCc3nc4ccccc4s3)CN2C1=O. The summed E-state index contributed by atoms with van der Waals surface area (Å²) in [5.41, 5.74) is 1.02. The lowest BCUT2D eigenvalue weighted by Crippen LogP contribution is -2.60. The lowest BCUT2D eigenvalue weighted by molar-refractivity contribution is -0.146. The molecule has 3 heterocycles. The second kappa shape index (κ2) is 5.58. The molecular formula is C16H18N4O2S. The number of nitrogens with zero attached hydrogens (tertiary/aromatic N) is 2. The fourth-order valence-corrected chi connectivity index (χ4v) is 4.24. The Kier molecular flexibility index (Phi) is 3.54. The minimum atomic E-state index is -0.415. The number of para-hydroxylation sites is 1. The van der Waals surface area contributed by atoms with Crippen molar-refractivity contribution in [1.82, 2.24) is 20.5 Å². The first-order chi connectivity index (χ1) is 11.1. The number of hydrogen-bond acceptors (Lipinski definition) is 5. The molecule has 2 amide bonds. The second-order valence-corrected chi connectivity index (χ2v) is 7.24. The molecule has 2 saturated heterocycles. The van der Waals surface area contributed by atoms with E-state index in [9.17, 15) is 9.59 Å². The van der Waals surface area contributed by atoms with Gasteiger partial charge in [0, 0.05) is 19.1 Å². The van der Waals surface area contributed by atoms with Crippen LogP contribution in [0.4, 0.5) is 0 Å². The van der Waals surface area contributed by atoms with Crippen molar-refractivity contribution in [2.75, 3.05) is 6.54 Å². The molecule has 2 aliphatic rings. The highest BCUT2D eigenvalue weighted by atomic mass is 32.1. The highest BCUT2D eigenvalue weighted by molar-refractivity contribution is 7.18. The van der Waals surface area contributed by atoms with Gasteiger partial charge in [0.05, 0.1) is 10.2 Å².